The Kier molecular flexibility index (Phi) is 4.44. The number of halogens is 2. The molecule has 1 aromatic heterocycles. The summed E-state index contributed by atoms with van der Waals surface area (Å²) in [5, 5.41) is 3.60. The van der Waals surface area contributed by atoms with Crippen molar-refractivity contribution in [2.75, 3.05) is 19.5 Å². The van der Waals surface area contributed by atoms with Gasteiger partial charge in [-0.1, -0.05) is 11.6 Å². The number of aromatic nitrogens is 2. The van der Waals surface area contributed by atoms with Gasteiger partial charge in [0.25, 0.3) is 0 Å². The van der Waals surface area contributed by atoms with Crippen molar-refractivity contribution in [1.82, 2.24) is 9.97 Å². The second kappa shape index (κ2) is 6.08. The van der Waals surface area contributed by atoms with E-state index in [1.807, 2.05) is 0 Å². The number of hydrogen-bond donors (Lipinski definition) is 1. The minimum Gasteiger partial charge on any atom is -0.495 e. The molecule has 0 unspecified atom stereocenters. The molecule has 0 atom stereocenters. The van der Waals surface area contributed by atoms with Crippen molar-refractivity contribution >= 4 is 39.0 Å². The van der Waals surface area contributed by atoms with Crippen molar-refractivity contribution in [1.29, 1.82) is 0 Å². The van der Waals surface area contributed by atoms with Gasteiger partial charge in [0, 0.05) is 12.3 Å². The number of methoxy groups -OCH3 is 2. The van der Waals surface area contributed by atoms with E-state index in [1.165, 1.54) is 6.33 Å². The minimum absolute atomic E-state index is 0.482. The standard InChI is InChI=1S/C12H11BrClN3O2/c1-18-10-4-11(19-2)9(3-8(10)14)17-12-7(13)5-15-6-16-12/h3-6H,1-2H3,(H,15,16,17). The molecule has 1 aromatic carbocycles. The van der Waals surface area contributed by atoms with E-state index >= 15 is 0 Å². The molecule has 0 bridgehead atoms. The molecule has 0 fully saturated rings. The number of rotatable bonds is 4. The molecule has 2 aromatic rings. The largest absolute Gasteiger partial charge is 0.495 e. The fraction of sp³-hybridized carbons (Fsp3) is 0.167. The van der Waals surface area contributed by atoms with Crippen LogP contribution in [0.5, 0.6) is 11.5 Å². The maximum Gasteiger partial charge on any atom is 0.148 e. The Balaban J connectivity index is 2.40. The topological polar surface area (TPSA) is 56.3 Å². The Bertz CT molecular complexity index is 595. The summed E-state index contributed by atoms with van der Waals surface area (Å²) < 4.78 is 11.2. The lowest BCUT2D eigenvalue weighted by atomic mass is 10.2. The van der Waals surface area contributed by atoms with Crippen LogP contribution in [0.4, 0.5) is 11.5 Å². The van der Waals surface area contributed by atoms with E-state index in [9.17, 15) is 0 Å². The van der Waals surface area contributed by atoms with Crippen LogP contribution in [0.15, 0.2) is 29.1 Å². The summed E-state index contributed by atoms with van der Waals surface area (Å²) >= 11 is 9.46. The van der Waals surface area contributed by atoms with Crippen molar-refractivity contribution in [2.24, 2.45) is 0 Å². The van der Waals surface area contributed by atoms with E-state index in [0.29, 0.717) is 28.0 Å². The highest BCUT2D eigenvalue weighted by Gasteiger charge is 2.11. The first-order chi connectivity index (χ1) is 9.15. The number of nitrogens with zero attached hydrogens (tertiary/aromatic N) is 2. The predicted octanol–water partition coefficient (Wildman–Crippen LogP) is 3.65. The lowest BCUT2D eigenvalue weighted by Crippen LogP contribution is -1.99. The van der Waals surface area contributed by atoms with Crippen LogP contribution < -0.4 is 14.8 Å². The Hall–Kier alpha value is -1.53. The quantitative estimate of drug-likeness (QED) is 0.917. The van der Waals surface area contributed by atoms with Crippen molar-refractivity contribution < 1.29 is 9.47 Å². The van der Waals surface area contributed by atoms with Crippen LogP contribution in [-0.4, -0.2) is 24.2 Å². The molecule has 0 saturated heterocycles. The Morgan fingerprint density at radius 3 is 2.58 bits per heavy atom. The van der Waals surface area contributed by atoms with Gasteiger partial charge < -0.3 is 14.8 Å². The minimum atomic E-state index is 0.482. The molecule has 5 nitrogen and oxygen atoms in total. The number of benzene rings is 1. The number of hydrogen-bond acceptors (Lipinski definition) is 5. The third-order valence-corrected chi connectivity index (χ3v) is 3.27. The van der Waals surface area contributed by atoms with E-state index in [2.05, 4.69) is 31.2 Å². The van der Waals surface area contributed by atoms with Gasteiger partial charge in [-0.3, -0.25) is 0 Å². The normalized spacial score (nSPS) is 10.1. The van der Waals surface area contributed by atoms with Crippen LogP contribution in [0.25, 0.3) is 0 Å². The van der Waals surface area contributed by atoms with Gasteiger partial charge >= 0.3 is 0 Å². The average Bonchev–Trinajstić information content (AvgIpc) is 2.42. The van der Waals surface area contributed by atoms with Gasteiger partial charge in [0.05, 0.1) is 29.4 Å². The van der Waals surface area contributed by atoms with Gasteiger partial charge in [-0.25, -0.2) is 9.97 Å². The first-order valence-electron chi connectivity index (χ1n) is 5.29. The maximum atomic E-state index is 6.10. The van der Waals surface area contributed by atoms with E-state index < -0.39 is 0 Å². The highest BCUT2D eigenvalue weighted by Crippen LogP contribution is 2.37. The van der Waals surface area contributed by atoms with Crippen LogP contribution >= 0.6 is 27.5 Å². The molecule has 7 heteroatoms. The summed E-state index contributed by atoms with van der Waals surface area (Å²) in [6, 6.07) is 3.42. The molecule has 19 heavy (non-hydrogen) atoms. The monoisotopic (exact) mass is 343 g/mol. The third kappa shape index (κ3) is 3.08. The lowest BCUT2D eigenvalue weighted by molar-refractivity contribution is 0.396. The smallest absolute Gasteiger partial charge is 0.148 e. The van der Waals surface area contributed by atoms with Crippen LogP contribution in [-0.2, 0) is 0 Å². The molecule has 100 valence electrons. The molecule has 0 aliphatic heterocycles. The third-order valence-electron chi connectivity index (χ3n) is 2.39. The summed E-state index contributed by atoms with van der Waals surface area (Å²) in [6.45, 7) is 0. The van der Waals surface area contributed by atoms with E-state index in [4.69, 9.17) is 21.1 Å². The molecule has 0 aliphatic carbocycles. The average molecular weight is 345 g/mol. The molecule has 0 aliphatic rings. The van der Waals surface area contributed by atoms with Gasteiger partial charge in [-0.05, 0) is 22.0 Å². The second-order valence-electron chi connectivity index (χ2n) is 3.53. The van der Waals surface area contributed by atoms with Crippen molar-refractivity contribution in [3.05, 3.63) is 34.2 Å². The molecule has 0 saturated carbocycles. The van der Waals surface area contributed by atoms with Gasteiger partial charge in [-0.2, -0.15) is 0 Å². The summed E-state index contributed by atoms with van der Waals surface area (Å²) in [4.78, 5) is 8.02. The lowest BCUT2D eigenvalue weighted by Gasteiger charge is -2.13. The fourth-order valence-electron chi connectivity index (χ4n) is 1.49. The molecular formula is C12H11BrClN3O2. The molecule has 0 radical (unpaired) electrons. The number of anilines is 2. The molecule has 0 amide bonds. The number of ether oxygens (including phenoxy) is 2. The first kappa shape index (κ1) is 13.9. The Labute approximate surface area is 124 Å². The maximum absolute atomic E-state index is 6.10. The van der Waals surface area contributed by atoms with Gasteiger partial charge in [0.2, 0.25) is 0 Å². The summed E-state index contributed by atoms with van der Waals surface area (Å²) in [7, 11) is 3.12. The van der Waals surface area contributed by atoms with Crippen LogP contribution in [0.1, 0.15) is 0 Å². The van der Waals surface area contributed by atoms with Crippen molar-refractivity contribution in [2.45, 2.75) is 0 Å². The molecular weight excluding hydrogens is 334 g/mol. The summed E-state index contributed by atoms with van der Waals surface area (Å²) in [5.74, 6) is 1.77. The van der Waals surface area contributed by atoms with Gasteiger partial charge in [0.15, 0.2) is 0 Å². The predicted molar refractivity (Wildman–Crippen MR) is 77.6 cm³/mol. The molecule has 2 rings (SSSR count). The Morgan fingerprint density at radius 2 is 1.95 bits per heavy atom. The Morgan fingerprint density at radius 1 is 1.21 bits per heavy atom. The van der Waals surface area contributed by atoms with Crippen LogP contribution in [0.2, 0.25) is 5.02 Å². The zero-order valence-corrected chi connectivity index (χ0v) is 12.6. The van der Waals surface area contributed by atoms with Gasteiger partial charge in [0.1, 0.15) is 23.6 Å². The van der Waals surface area contributed by atoms with E-state index in [1.54, 1.807) is 32.5 Å². The van der Waals surface area contributed by atoms with Crippen LogP contribution in [0.3, 0.4) is 0 Å². The molecule has 0 spiro atoms. The molecule has 1 N–H and O–H groups in total. The molecule has 1 heterocycles. The van der Waals surface area contributed by atoms with Crippen LogP contribution in [0, 0.1) is 0 Å². The zero-order valence-electron chi connectivity index (χ0n) is 10.3. The van der Waals surface area contributed by atoms with Gasteiger partial charge in [-0.15, -0.1) is 0 Å². The summed E-state index contributed by atoms with van der Waals surface area (Å²) in [5.41, 5.74) is 0.688. The van der Waals surface area contributed by atoms with Crippen molar-refractivity contribution in [3.63, 3.8) is 0 Å². The highest BCUT2D eigenvalue weighted by molar-refractivity contribution is 9.10. The fourth-order valence-corrected chi connectivity index (χ4v) is 2.05. The second-order valence-corrected chi connectivity index (χ2v) is 4.79. The van der Waals surface area contributed by atoms with Crippen molar-refractivity contribution in [3.8, 4) is 11.5 Å². The zero-order chi connectivity index (χ0) is 13.8. The van der Waals surface area contributed by atoms with E-state index in [-0.39, 0.29) is 0 Å². The highest BCUT2D eigenvalue weighted by atomic mass is 79.9. The number of nitrogens with one attached hydrogen (secondary N) is 1. The first-order valence-corrected chi connectivity index (χ1v) is 6.47. The SMILES string of the molecule is COc1cc(OC)c(Nc2ncncc2Br)cc1Cl. The van der Waals surface area contributed by atoms with E-state index in [0.717, 1.165) is 4.47 Å². The summed E-state index contributed by atoms with van der Waals surface area (Å²) in [6.07, 6.45) is 3.09.